The van der Waals surface area contributed by atoms with E-state index >= 15 is 0 Å². The molecule has 1 aromatic heterocycles. The largest absolute Gasteiger partial charge is 0.497 e. The topological polar surface area (TPSA) is 77.2 Å². The van der Waals surface area contributed by atoms with E-state index in [4.69, 9.17) is 9.26 Å². The summed E-state index contributed by atoms with van der Waals surface area (Å²) < 4.78 is 10.3. The average Bonchev–Trinajstić information content (AvgIpc) is 2.95. The number of carbonyl (C=O) groups is 1. The van der Waals surface area contributed by atoms with Gasteiger partial charge in [-0.05, 0) is 44.5 Å². The quantitative estimate of drug-likeness (QED) is 0.850. The van der Waals surface area contributed by atoms with Crippen molar-refractivity contribution in [2.75, 3.05) is 7.11 Å². The van der Waals surface area contributed by atoms with Gasteiger partial charge in [-0.2, -0.15) is 4.98 Å². The lowest BCUT2D eigenvalue weighted by molar-refractivity contribution is -0.121. The average molecular weight is 303 g/mol. The second-order valence-corrected chi connectivity index (χ2v) is 5.32. The van der Waals surface area contributed by atoms with Crippen LogP contribution in [0.2, 0.25) is 0 Å². The number of nitrogens with zero attached hydrogens (tertiary/aromatic N) is 2. The van der Waals surface area contributed by atoms with Crippen LogP contribution in [0, 0.1) is 0 Å². The summed E-state index contributed by atoms with van der Waals surface area (Å²) in [5.74, 6) is 1.92. The monoisotopic (exact) mass is 303 g/mol. The predicted molar refractivity (Wildman–Crippen MR) is 82.5 cm³/mol. The van der Waals surface area contributed by atoms with Gasteiger partial charge in [0.05, 0.1) is 7.11 Å². The second-order valence-electron chi connectivity index (χ2n) is 5.32. The van der Waals surface area contributed by atoms with Gasteiger partial charge in [-0.15, -0.1) is 0 Å². The summed E-state index contributed by atoms with van der Waals surface area (Å²) >= 11 is 0. The van der Waals surface area contributed by atoms with Gasteiger partial charge in [-0.3, -0.25) is 4.79 Å². The minimum absolute atomic E-state index is 0.0462. The first-order chi connectivity index (χ1) is 10.6. The number of ether oxygens (including phenoxy) is 1. The van der Waals surface area contributed by atoms with E-state index in [9.17, 15) is 4.79 Å². The van der Waals surface area contributed by atoms with Crippen LogP contribution in [-0.2, 0) is 11.2 Å². The molecule has 0 saturated heterocycles. The number of hydrogen-bond donors (Lipinski definition) is 1. The molecular weight excluding hydrogens is 282 g/mol. The first-order valence-corrected chi connectivity index (χ1v) is 7.35. The number of benzene rings is 1. The minimum atomic E-state index is 0.0462. The molecule has 2 rings (SSSR count). The zero-order chi connectivity index (χ0) is 15.9. The van der Waals surface area contributed by atoms with E-state index in [1.54, 1.807) is 7.11 Å². The highest BCUT2D eigenvalue weighted by Crippen LogP contribution is 2.20. The van der Waals surface area contributed by atoms with Crippen molar-refractivity contribution in [1.29, 1.82) is 0 Å². The van der Waals surface area contributed by atoms with Crippen LogP contribution in [0.25, 0.3) is 11.4 Å². The van der Waals surface area contributed by atoms with E-state index in [2.05, 4.69) is 15.5 Å². The first-order valence-electron chi connectivity index (χ1n) is 7.35. The van der Waals surface area contributed by atoms with Gasteiger partial charge < -0.3 is 14.6 Å². The second kappa shape index (κ2) is 7.59. The maximum absolute atomic E-state index is 11.5. The number of amides is 1. The zero-order valence-electron chi connectivity index (χ0n) is 13.1. The number of aromatic nitrogens is 2. The molecule has 1 heterocycles. The van der Waals surface area contributed by atoms with Gasteiger partial charge in [-0.25, -0.2) is 0 Å². The van der Waals surface area contributed by atoms with E-state index in [0.717, 1.165) is 11.3 Å². The summed E-state index contributed by atoms with van der Waals surface area (Å²) in [5, 5.41) is 6.81. The number of carbonyl (C=O) groups excluding carboxylic acids is 1. The Morgan fingerprint density at radius 3 is 2.68 bits per heavy atom. The fourth-order valence-electron chi connectivity index (χ4n) is 2.01. The van der Waals surface area contributed by atoms with E-state index in [-0.39, 0.29) is 11.9 Å². The minimum Gasteiger partial charge on any atom is -0.497 e. The molecule has 0 bridgehead atoms. The molecule has 0 fully saturated rings. The molecule has 6 nitrogen and oxygen atoms in total. The van der Waals surface area contributed by atoms with Crippen LogP contribution in [0.15, 0.2) is 28.8 Å². The highest BCUT2D eigenvalue weighted by Gasteiger charge is 2.10. The summed E-state index contributed by atoms with van der Waals surface area (Å²) in [6.45, 7) is 3.88. The van der Waals surface area contributed by atoms with Crippen molar-refractivity contribution < 1.29 is 14.1 Å². The Hall–Kier alpha value is -2.37. The van der Waals surface area contributed by atoms with Crippen LogP contribution >= 0.6 is 0 Å². The molecule has 0 unspecified atom stereocenters. The number of rotatable bonds is 7. The van der Waals surface area contributed by atoms with Crippen LogP contribution in [0.5, 0.6) is 5.75 Å². The predicted octanol–water partition coefficient (Wildman–Crippen LogP) is 2.59. The molecule has 0 aliphatic heterocycles. The Bertz CT molecular complexity index is 605. The Morgan fingerprint density at radius 1 is 1.32 bits per heavy atom. The normalized spacial score (nSPS) is 10.7. The third-order valence-electron chi connectivity index (χ3n) is 3.06. The first kappa shape index (κ1) is 16.0. The lowest BCUT2D eigenvalue weighted by Crippen LogP contribution is -2.29. The highest BCUT2D eigenvalue weighted by atomic mass is 16.5. The fraction of sp³-hybridized carbons (Fsp3) is 0.438. The van der Waals surface area contributed by atoms with Crippen molar-refractivity contribution in [3.8, 4) is 17.1 Å². The summed E-state index contributed by atoms with van der Waals surface area (Å²) in [5.41, 5.74) is 0.869. The Morgan fingerprint density at radius 2 is 2.05 bits per heavy atom. The highest BCUT2D eigenvalue weighted by molar-refractivity contribution is 5.76. The van der Waals surface area contributed by atoms with Gasteiger partial charge in [0, 0.05) is 24.4 Å². The SMILES string of the molecule is COc1ccc(-c2noc(CCCC(=O)NC(C)C)n2)cc1. The van der Waals surface area contributed by atoms with Crippen LogP contribution in [0.1, 0.15) is 32.6 Å². The van der Waals surface area contributed by atoms with Crippen LogP contribution in [0.4, 0.5) is 0 Å². The molecule has 1 amide bonds. The van der Waals surface area contributed by atoms with E-state index < -0.39 is 0 Å². The molecular formula is C16H21N3O3. The third kappa shape index (κ3) is 4.58. The summed E-state index contributed by atoms with van der Waals surface area (Å²) in [4.78, 5) is 15.9. The lowest BCUT2D eigenvalue weighted by Gasteiger charge is -2.06. The Kier molecular flexibility index (Phi) is 5.52. The number of aryl methyl sites for hydroxylation is 1. The number of nitrogens with one attached hydrogen (secondary N) is 1. The smallest absolute Gasteiger partial charge is 0.226 e. The molecule has 118 valence electrons. The molecule has 0 aliphatic carbocycles. The van der Waals surface area contributed by atoms with Crippen molar-refractivity contribution in [2.45, 2.75) is 39.2 Å². The number of methoxy groups -OCH3 is 1. The van der Waals surface area contributed by atoms with E-state index in [1.807, 2.05) is 38.1 Å². The molecule has 6 heteroatoms. The molecule has 22 heavy (non-hydrogen) atoms. The molecule has 0 atom stereocenters. The molecule has 0 radical (unpaired) electrons. The van der Waals surface area contributed by atoms with Crippen LogP contribution in [-0.4, -0.2) is 29.2 Å². The van der Waals surface area contributed by atoms with Crippen molar-refractivity contribution in [2.24, 2.45) is 0 Å². The molecule has 0 aliphatic rings. The van der Waals surface area contributed by atoms with Crippen molar-refractivity contribution >= 4 is 5.91 Å². The third-order valence-corrected chi connectivity index (χ3v) is 3.06. The van der Waals surface area contributed by atoms with Gasteiger partial charge >= 0.3 is 0 Å². The lowest BCUT2D eigenvalue weighted by atomic mass is 10.2. The van der Waals surface area contributed by atoms with Gasteiger partial charge in [-0.1, -0.05) is 5.16 Å². The number of hydrogen-bond acceptors (Lipinski definition) is 5. The van der Waals surface area contributed by atoms with Crippen molar-refractivity contribution in [3.63, 3.8) is 0 Å². The van der Waals surface area contributed by atoms with E-state index in [0.29, 0.717) is 31.0 Å². The van der Waals surface area contributed by atoms with Gasteiger partial charge in [0.2, 0.25) is 17.6 Å². The standard InChI is InChI=1S/C16H21N3O3/c1-11(2)17-14(20)5-4-6-15-18-16(19-22-15)12-7-9-13(21-3)10-8-12/h7-11H,4-6H2,1-3H3,(H,17,20). The van der Waals surface area contributed by atoms with Crippen LogP contribution in [0.3, 0.4) is 0 Å². The Labute approximate surface area is 129 Å². The fourth-order valence-corrected chi connectivity index (χ4v) is 2.01. The molecule has 0 spiro atoms. The maximum Gasteiger partial charge on any atom is 0.226 e. The molecule has 1 N–H and O–H groups in total. The summed E-state index contributed by atoms with van der Waals surface area (Å²) in [6.07, 6.45) is 1.73. The summed E-state index contributed by atoms with van der Waals surface area (Å²) in [6, 6.07) is 7.62. The van der Waals surface area contributed by atoms with Gasteiger partial charge in [0.1, 0.15) is 5.75 Å². The van der Waals surface area contributed by atoms with Gasteiger partial charge in [0.25, 0.3) is 0 Å². The van der Waals surface area contributed by atoms with E-state index in [1.165, 1.54) is 0 Å². The van der Waals surface area contributed by atoms with Crippen LogP contribution < -0.4 is 10.1 Å². The molecule has 2 aromatic rings. The molecule has 0 saturated carbocycles. The Balaban J connectivity index is 1.87. The van der Waals surface area contributed by atoms with Gasteiger partial charge in [0.15, 0.2) is 0 Å². The maximum atomic E-state index is 11.5. The van der Waals surface area contributed by atoms with Crippen molar-refractivity contribution in [3.05, 3.63) is 30.2 Å². The summed E-state index contributed by atoms with van der Waals surface area (Å²) in [7, 11) is 1.62. The molecule has 1 aromatic carbocycles. The zero-order valence-corrected chi connectivity index (χ0v) is 13.1. The van der Waals surface area contributed by atoms with Crippen molar-refractivity contribution in [1.82, 2.24) is 15.5 Å².